The quantitative estimate of drug-likeness (QED) is 0.802. The van der Waals surface area contributed by atoms with Crippen molar-refractivity contribution in [3.63, 3.8) is 0 Å². The molecule has 1 saturated carbocycles. The molecule has 1 aliphatic carbocycles. The smallest absolute Gasteiger partial charge is 0.317 e. The molecular formula is C13H22N2O3. The summed E-state index contributed by atoms with van der Waals surface area (Å²) in [6.45, 7) is 6.12. The molecule has 1 unspecified atom stereocenters. The standard InChI is InChI=1S/C13H22N2O3/c1-13(2)6-10(13)7-14-12(18)15-5-3-4-9(8-15)11(16)17/h9-10H,3-8H2,1-2H3,(H,14,18)(H,16,17)/t9-,10?/m0/s1. The highest BCUT2D eigenvalue weighted by Crippen LogP contribution is 2.50. The molecular weight excluding hydrogens is 232 g/mol. The number of piperidine rings is 1. The fraction of sp³-hybridized carbons (Fsp3) is 0.846. The minimum absolute atomic E-state index is 0.108. The number of rotatable bonds is 3. The number of carbonyl (C=O) groups is 2. The number of urea groups is 1. The molecule has 0 radical (unpaired) electrons. The molecule has 102 valence electrons. The number of carbonyl (C=O) groups excluding carboxylic acids is 1. The van der Waals surface area contributed by atoms with Gasteiger partial charge in [0.05, 0.1) is 5.92 Å². The Bertz CT molecular complexity index is 354. The molecule has 18 heavy (non-hydrogen) atoms. The van der Waals surface area contributed by atoms with Crippen LogP contribution in [0, 0.1) is 17.3 Å². The van der Waals surface area contributed by atoms with Crippen molar-refractivity contribution in [2.45, 2.75) is 33.1 Å². The number of hydrogen-bond donors (Lipinski definition) is 2. The van der Waals surface area contributed by atoms with E-state index in [1.54, 1.807) is 4.90 Å². The molecule has 0 spiro atoms. The third kappa shape index (κ3) is 2.94. The molecule has 0 bridgehead atoms. The monoisotopic (exact) mass is 254 g/mol. The van der Waals surface area contributed by atoms with E-state index in [-0.39, 0.29) is 6.03 Å². The van der Waals surface area contributed by atoms with E-state index in [9.17, 15) is 9.59 Å². The van der Waals surface area contributed by atoms with Crippen molar-refractivity contribution < 1.29 is 14.7 Å². The Balaban J connectivity index is 1.76. The summed E-state index contributed by atoms with van der Waals surface area (Å²) >= 11 is 0. The van der Waals surface area contributed by atoms with Gasteiger partial charge in [0.1, 0.15) is 0 Å². The van der Waals surface area contributed by atoms with Gasteiger partial charge in [-0.1, -0.05) is 13.8 Å². The van der Waals surface area contributed by atoms with Gasteiger partial charge in [0.15, 0.2) is 0 Å². The molecule has 1 aliphatic heterocycles. The van der Waals surface area contributed by atoms with Gasteiger partial charge in [0, 0.05) is 19.6 Å². The Hall–Kier alpha value is -1.26. The summed E-state index contributed by atoms with van der Waals surface area (Å²) in [4.78, 5) is 24.5. The SMILES string of the molecule is CC1(C)CC1CNC(=O)N1CCC[C@H](C(=O)O)C1. The van der Waals surface area contributed by atoms with E-state index in [2.05, 4.69) is 19.2 Å². The first kappa shape index (κ1) is 13.2. The molecule has 5 nitrogen and oxygen atoms in total. The van der Waals surface area contributed by atoms with Gasteiger partial charge < -0.3 is 15.3 Å². The van der Waals surface area contributed by atoms with Crippen molar-refractivity contribution in [2.24, 2.45) is 17.3 Å². The number of carboxylic acids is 1. The molecule has 2 atom stereocenters. The van der Waals surface area contributed by atoms with Gasteiger partial charge in [-0.25, -0.2) is 4.79 Å². The molecule has 0 aromatic heterocycles. The minimum atomic E-state index is -0.796. The van der Waals surface area contributed by atoms with Crippen molar-refractivity contribution in [3.05, 3.63) is 0 Å². The zero-order valence-electron chi connectivity index (χ0n) is 11.1. The van der Waals surface area contributed by atoms with Gasteiger partial charge >= 0.3 is 12.0 Å². The number of amides is 2. The normalized spacial score (nSPS) is 29.8. The highest BCUT2D eigenvalue weighted by molar-refractivity contribution is 5.76. The number of likely N-dealkylation sites (tertiary alicyclic amines) is 1. The maximum Gasteiger partial charge on any atom is 0.317 e. The van der Waals surface area contributed by atoms with Gasteiger partial charge in [0.2, 0.25) is 0 Å². The average molecular weight is 254 g/mol. The molecule has 2 N–H and O–H groups in total. The second kappa shape index (κ2) is 4.78. The second-order valence-electron chi connectivity index (χ2n) is 6.20. The van der Waals surface area contributed by atoms with E-state index in [1.807, 2.05) is 0 Å². The highest BCUT2D eigenvalue weighted by atomic mass is 16.4. The molecule has 1 saturated heterocycles. The maximum absolute atomic E-state index is 11.9. The van der Waals surface area contributed by atoms with Crippen LogP contribution in [0.5, 0.6) is 0 Å². The van der Waals surface area contributed by atoms with E-state index < -0.39 is 11.9 Å². The number of carboxylic acid groups (broad SMARTS) is 1. The number of hydrogen-bond acceptors (Lipinski definition) is 2. The van der Waals surface area contributed by atoms with Gasteiger partial charge in [-0.05, 0) is 30.6 Å². The Morgan fingerprint density at radius 3 is 2.67 bits per heavy atom. The predicted octanol–water partition coefficient (Wildman–Crippen LogP) is 1.54. The van der Waals surface area contributed by atoms with Crippen LogP contribution in [0.25, 0.3) is 0 Å². The molecule has 2 rings (SSSR count). The van der Waals surface area contributed by atoms with E-state index in [0.29, 0.717) is 37.4 Å². The van der Waals surface area contributed by atoms with E-state index >= 15 is 0 Å². The topological polar surface area (TPSA) is 69.6 Å². The van der Waals surface area contributed by atoms with Crippen LogP contribution in [0.2, 0.25) is 0 Å². The van der Waals surface area contributed by atoms with Gasteiger partial charge in [0.25, 0.3) is 0 Å². The Morgan fingerprint density at radius 1 is 1.44 bits per heavy atom. The number of nitrogens with one attached hydrogen (secondary N) is 1. The maximum atomic E-state index is 11.9. The third-order valence-electron chi connectivity index (χ3n) is 4.28. The lowest BCUT2D eigenvalue weighted by Crippen LogP contribution is -2.47. The Morgan fingerprint density at radius 2 is 2.11 bits per heavy atom. The van der Waals surface area contributed by atoms with Crippen LogP contribution >= 0.6 is 0 Å². The molecule has 2 amide bonds. The lowest BCUT2D eigenvalue weighted by atomic mass is 9.99. The molecule has 2 aliphatic rings. The van der Waals surface area contributed by atoms with E-state index in [4.69, 9.17) is 5.11 Å². The minimum Gasteiger partial charge on any atom is -0.481 e. The summed E-state index contributed by atoms with van der Waals surface area (Å²) in [7, 11) is 0. The summed E-state index contributed by atoms with van der Waals surface area (Å²) in [5.74, 6) is -0.626. The lowest BCUT2D eigenvalue weighted by Gasteiger charge is -2.30. The van der Waals surface area contributed by atoms with E-state index in [1.165, 1.54) is 0 Å². The molecule has 2 fully saturated rings. The summed E-state index contributed by atoms with van der Waals surface area (Å²) in [6, 6.07) is -0.108. The summed E-state index contributed by atoms with van der Waals surface area (Å²) in [5, 5.41) is 11.9. The first-order valence-electron chi connectivity index (χ1n) is 6.66. The Kier molecular flexibility index (Phi) is 3.50. The van der Waals surface area contributed by atoms with Gasteiger partial charge in [-0.2, -0.15) is 0 Å². The second-order valence-corrected chi connectivity index (χ2v) is 6.20. The number of nitrogens with zero attached hydrogens (tertiary/aromatic N) is 1. The van der Waals surface area contributed by atoms with Crippen LogP contribution < -0.4 is 5.32 Å². The largest absolute Gasteiger partial charge is 0.481 e. The zero-order valence-corrected chi connectivity index (χ0v) is 11.1. The van der Waals surface area contributed by atoms with Crippen molar-refractivity contribution in [1.29, 1.82) is 0 Å². The fourth-order valence-electron chi connectivity index (χ4n) is 2.61. The van der Waals surface area contributed by atoms with Crippen LogP contribution in [0.1, 0.15) is 33.1 Å². The summed E-state index contributed by atoms with van der Waals surface area (Å²) < 4.78 is 0. The lowest BCUT2D eigenvalue weighted by molar-refractivity contribution is -0.143. The highest BCUT2D eigenvalue weighted by Gasteiger charge is 2.45. The molecule has 1 heterocycles. The van der Waals surface area contributed by atoms with Gasteiger partial charge in [-0.3, -0.25) is 4.79 Å². The molecule has 5 heteroatoms. The number of aliphatic carboxylic acids is 1. The van der Waals surface area contributed by atoms with Crippen molar-refractivity contribution in [2.75, 3.05) is 19.6 Å². The van der Waals surface area contributed by atoms with Crippen LogP contribution in [0.3, 0.4) is 0 Å². The summed E-state index contributed by atoms with van der Waals surface area (Å²) in [6.07, 6.45) is 2.61. The molecule has 0 aromatic rings. The predicted molar refractivity (Wildman–Crippen MR) is 67.2 cm³/mol. The molecule has 0 aromatic carbocycles. The first-order valence-corrected chi connectivity index (χ1v) is 6.66. The van der Waals surface area contributed by atoms with Gasteiger partial charge in [-0.15, -0.1) is 0 Å². The average Bonchev–Trinajstić information content (AvgIpc) is 2.94. The van der Waals surface area contributed by atoms with E-state index in [0.717, 1.165) is 12.8 Å². The summed E-state index contributed by atoms with van der Waals surface area (Å²) in [5.41, 5.74) is 0.360. The van der Waals surface area contributed by atoms with Crippen LogP contribution in [0.4, 0.5) is 4.79 Å². The zero-order chi connectivity index (χ0) is 13.3. The van der Waals surface area contributed by atoms with Crippen molar-refractivity contribution in [1.82, 2.24) is 10.2 Å². The fourth-order valence-corrected chi connectivity index (χ4v) is 2.61. The van der Waals surface area contributed by atoms with Crippen molar-refractivity contribution >= 4 is 12.0 Å². The van der Waals surface area contributed by atoms with Crippen LogP contribution in [-0.4, -0.2) is 41.6 Å². The van der Waals surface area contributed by atoms with Crippen LogP contribution in [0.15, 0.2) is 0 Å². The van der Waals surface area contributed by atoms with Crippen molar-refractivity contribution in [3.8, 4) is 0 Å². The van der Waals surface area contributed by atoms with Crippen LogP contribution in [-0.2, 0) is 4.79 Å². The first-order chi connectivity index (χ1) is 8.40. The third-order valence-corrected chi connectivity index (χ3v) is 4.28. The Labute approximate surface area is 108 Å².